The van der Waals surface area contributed by atoms with Crippen LogP contribution in [0.5, 0.6) is 0 Å². The highest BCUT2D eigenvalue weighted by atomic mass is 127. The van der Waals surface area contributed by atoms with Crippen molar-refractivity contribution in [1.29, 1.82) is 0 Å². The van der Waals surface area contributed by atoms with Crippen molar-refractivity contribution in [3.05, 3.63) is 22.4 Å². The lowest BCUT2D eigenvalue weighted by atomic mass is 9.95. The summed E-state index contributed by atoms with van der Waals surface area (Å²) in [6.45, 7) is 2.63. The summed E-state index contributed by atoms with van der Waals surface area (Å²) in [5.41, 5.74) is 5.30. The fourth-order valence-electron chi connectivity index (χ4n) is 2.62. The Bertz CT molecular complexity index is 464. The molecule has 1 fully saturated rings. The third kappa shape index (κ3) is 5.82. The molecule has 1 saturated heterocycles. The van der Waals surface area contributed by atoms with Gasteiger partial charge in [-0.25, -0.2) is 0 Å². The van der Waals surface area contributed by atoms with Crippen LogP contribution in [0.25, 0.3) is 0 Å². The van der Waals surface area contributed by atoms with Gasteiger partial charge in [-0.2, -0.15) is 0 Å². The summed E-state index contributed by atoms with van der Waals surface area (Å²) in [6.07, 6.45) is 2.62. The van der Waals surface area contributed by atoms with Crippen molar-refractivity contribution in [3.8, 4) is 0 Å². The lowest BCUT2D eigenvalue weighted by Crippen LogP contribution is -2.46. The smallest absolute Gasteiger partial charge is 0.217 e. The van der Waals surface area contributed by atoms with Crippen LogP contribution in [0.15, 0.2) is 22.5 Å². The van der Waals surface area contributed by atoms with Crippen molar-refractivity contribution in [3.63, 3.8) is 0 Å². The Morgan fingerprint density at radius 2 is 2.43 bits per heavy atom. The molecule has 0 radical (unpaired) electrons. The molecule has 0 saturated carbocycles. The van der Waals surface area contributed by atoms with E-state index in [1.165, 1.54) is 4.88 Å². The second-order valence-corrected chi connectivity index (χ2v) is 6.14. The molecule has 1 aliphatic rings. The minimum Gasteiger partial charge on any atom is -0.370 e. The predicted molar refractivity (Wildman–Crippen MR) is 98.0 cm³/mol. The molecular weight excluding hydrogens is 399 g/mol. The summed E-state index contributed by atoms with van der Waals surface area (Å²) < 4.78 is 0. The van der Waals surface area contributed by atoms with Gasteiger partial charge in [-0.05, 0) is 30.2 Å². The Kier molecular flexibility index (Phi) is 8.02. The second-order valence-electron chi connectivity index (χ2n) is 5.10. The Morgan fingerprint density at radius 3 is 3.05 bits per heavy atom. The Balaban J connectivity index is 0.00000220. The van der Waals surface area contributed by atoms with Gasteiger partial charge in [0.25, 0.3) is 0 Å². The van der Waals surface area contributed by atoms with Crippen LogP contribution in [-0.2, 0) is 11.3 Å². The van der Waals surface area contributed by atoms with E-state index >= 15 is 0 Å². The number of nitrogens with one attached hydrogen (secondary N) is 1. The van der Waals surface area contributed by atoms with E-state index in [-0.39, 0.29) is 29.9 Å². The van der Waals surface area contributed by atoms with E-state index in [2.05, 4.69) is 26.7 Å². The van der Waals surface area contributed by atoms with Crippen molar-refractivity contribution in [2.24, 2.45) is 16.6 Å². The van der Waals surface area contributed by atoms with E-state index in [4.69, 9.17) is 5.73 Å². The summed E-state index contributed by atoms with van der Waals surface area (Å²) in [7, 11) is 1.80. The van der Waals surface area contributed by atoms with Gasteiger partial charge < -0.3 is 16.0 Å². The summed E-state index contributed by atoms with van der Waals surface area (Å²) in [6, 6.07) is 4.16. The fraction of sp³-hybridized carbons (Fsp3) is 0.571. The maximum Gasteiger partial charge on any atom is 0.217 e. The number of halogens is 1. The predicted octanol–water partition coefficient (Wildman–Crippen LogP) is 2.03. The molecule has 21 heavy (non-hydrogen) atoms. The number of likely N-dealkylation sites (tertiary alicyclic amines) is 1. The van der Waals surface area contributed by atoms with Crippen molar-refractivity contribution >= 4 is 47.2 Å². The molecule has 5 nitrogen and oxygen atoms in total. The first-order valence-electron chi connectivity index (χ1n) is 6.95. The highest BCUT2D eigenvalue weighted by molar-refractivity contribution is 14.0. The van der Waals surface area contributed by atoms with Crippen LogP contribution in [0.2, 0.25) is 0 Å². The Hall–Kier alpha value is -0.830. The summed E-state index contributed by atoms with van der Waals surface area (Å²) in [5.74, 6) is 1.05. The van der Waals surface area contributed by atoms with Crippen LogP contribution in [0, 0.1) is 5.92 Å². The molecule has 2 heterocycles. The number of piperidine rings is 1. The Morgan fingerprint density at radius 1 is 1.62 bits per heavy atom. The number of aliphatic imine (C=N–C) groups is 1. The number of carbonyl (C=O) groups is 1. The standard InChI is InChI=1S/C14H22N4OS.HI/c1-16-14(17-9-12-5-3-7-20-12)18-6-2-4-11(10-18)8-13(15)19;/h3,5,7,11H,2,4,6,8-10H2,1H3,(H2,15,19)(H,16,17);1H. The zero-order chi connectivity index (χ0) is 14.4. The van der Waals surface area contributed by atoms with Gasteiger partial charge >= 0.3 is 0 Å². The molecule has 1 aromatic heterocycles. The number of amides is 1. The normalized spacial score (nSPS) is 19.0. The molecule has 0 bridgehead atoms. The number of primary amides is 1. The number of guanidine groups is 1. The van der Waals surface area contributed by atoms with Crippen LogP contribution in [0.3, 0.4) is 0 Å². The molecule has 1 atom stereocenters. The molecule has 1 aliphatic heterocycles. The van der Waals surface area contributed by atoms with Gasteiger partial charge in [-0.15, -0.1) is 35.3 Å². The molecule has 3 N–H and O–H groups in total. The molecular formula is C14H23IN4OS. The lowest BCUT2D eigenvalue weighted by molar-refractivity contribution is -0.119. The van der Waals surface area contributed by atoms with Gasteiger partial charge in [0.1, 0.15) is 0 Å². The maximum absolute atomic E-state index is 11.1. The molecule has 0 aromatic carbocycles. The number of carbonyl (C=O) groups excluding carboxylic acids is 1. The van der Waals surface area contributed by atoms with E-state index in [1.54, 1.807) is 18.4 Å². The molecule has 0 aliphatic carbocycles. The van der Waals surface area contributed by atoms with Crippen LogP contribution >= 0.6 is 35.3 Å². The van der Waals surface area contributed by atoms with Gasteiger partial charge in [0.15, 0.2) is 5.96 Å². The summed E-state index contributed by atoms with van der Waals surface area (Å²) >= 11 is 1.73. The van der Waals surface area contributed by atoms with Crippen LogP contribution in [0.1, 0.15) is 24.1 Å². The average molecular weight is 422 g/mol. The first kappa shape index (κ1) is 18.2. The third-order valence-electron chi connectivity index (χ3n) is 3.52. The van der Waals surface area contributed by atoms with E-state index in [1.807, 2.05) is 6.07 Å². The van der Waals surface area contributed by atoms with Gasteiger partial charge in [-0.1, -0.05) is 6.07 Å². The van der Waals surface area contributed by atoms with Crippen LogP contribution in [0.4, 0.5) is 0 Å². The van der Waals surface area contributed by atoms with Gasteiger partial charge in [0.05, 0.1) is 6.54 Å². The lowest BCUT2D eigenvalue weighted by Gasteiger charge is -2.34. The number of hydrogen-bond acceptors (Lipinski definition) is 3. The zero-order valence-corrected chi connectivity index (χ0v) is 15.4. The largest absolute Gasteiger partial charge is 0.370 e. The number of nitrogens with zero attached hydrogens (tertiary/aromatic N) is 2. The maximum atomic E-state index is 11.1. The van der Waals surface area contributed by atoms with Crippen molar-refractivity contribution in [1.82, 2.24) is 10.2 Å². The van der Waals surface area contributed by atoms with E-state index in [0.717, 1.165) is 38.4 Å². The highest BCUT2D eigenvalue weighted by Crippen LogP contribution is 2.19. The average Bonchev–Trinajstić information content (AvgIpc) is 2.92. The highest BCUT2D eigenvalue weighted by Gasteiger charge is 2.23. The number of thiophene rings is 1. The molecule has 1 aromatic rings. The quantitative estimate of drug-likeness (QED) is 0.443. The molecule has 118 valence electrons. The first-order chi connectivity index (χ1) is 9.69. The van der Waals surface area contributed by atoms with E-state index in [0.29, 0.717) is 12.3 Å². The summed E-state index contributed by atoms with van der Waals surface area (Å²) in [4.78, 5) is 18.9. The minimum absolute atomic E-state index is 0. The van der Waals surface area contributed by atoms with Crippen molar-refractivity contribution in [2.75, 3.05) is 20.1 Å². The summed E-state index contributed by atoms with van der Waals surface area (Å²) in [5, 5.41) is 5.46. The van der Waals surface area contributed by atoms with Crippen LogP contribution < -0.4 is 11.1 Å². The van der Waals surface area contributed by atoms with Gasteiger partial charge in [-0.3, -0.25) is 9.79 Å². The van der Waals surface area contributed by atoms with Crippen LogP contribution in [-0.4, -0.2) is 36.9 Å². The van der Waals surface area contributed by atoms with E-state index < -0.39 is 0 Å². The molecule has 0 spiro atoms. The zero-order valence-electron chi connectivity index (χ0n) is 12.2. The fourth-order valence-corrected chi connectivity index (χ4v) is 3.26. The first-order valence-corrected chi connectivity index (χ1v) is 7.83. The minimum atomic E-state index is -0.210. The third-order valence-corrected chi connectivity index (χ3v) is 4.40. The second kappa shape index (κ2) is 9.24. The molecule has 1 amide bonds. The van der Waals surface area contributed by atoms with Crippen molar-refractivity contribution < 1.29 is 4.79 Å². The molecule has 7 heteroatoms. The van der Waals surface area contributed by atoms with Gasteiger partial charge in [0.2, 0.25) is 5.91 Å². The Labute approximate surface area is 147 Å². The van der Waals surface area contributed by atoms with Crippen molar-refractivity contribution in [2.45, 2.75) is 25.8 Å². The monoisotopic (exact) mass is 422 g/mol. The number of hydrogen-bond donors (Lipinski definition) is 2. The van der Waals surface area contributed by atoms with E-state index in [9.17, 15) is 4.79 Å². The number of nitrogens with two attached hydrogens (primary N) is 1. The number of rotatable bonds is 4. The topological polar surface area (TPSA) is 70.7 Å². The SMILES string of the molecule is CN=C(NCc1cccs1)N1CCCC(CC(N)=O)C1.I. The van der Waals surface area contributed by atoms with Gasteiger partial charge in [0, 0.05) is 31.4 Å². The molecule has 2 rings (SSSR count). The molecule has 1 unspecified atom stereocenters.